The molecule has 0 heterocycles. The molecule has 168 valence electrons. The Morgan fingerprint density at radius 3 is 2.77 bits per heavy atom. The molecule has 1 unspecified atom stereocenters. The Morgan fingerprint density at radius 2 is 2.07 bits per heavy atom. The topological polar surface area (TPSA) is 40.5 Å². The fourth-order valence-corrected chi connectivity index (χ4v) is 5.77. The van der Waals surface area contributed by atoms with Gasteiger partial charge in [0.25, 0.3) is 0 Å². The number of aliphatic hydroxyl groups is 2. The lowest BCUT2D eigenvalue weighted by atomic mass is 9.61. The standard InChI is InChI=1S/C28H44O2/c1-19-10-14-24(29)18-23(19)13-12-22-8-7-17-28(6)25(15-16-26(22)28)20(2)9-11-21(3)27(4,5)30/h9,11-13,20-21,24-26,29-30H,1,7-8,10,14-18H2,2-6H3/b11-9+,22-12+,23-13+/t20-,21+,24+,25-,26?,28-/m1/s1/i10D2,14D2,24D,29D. The van der Waals surface area contributed by atoms with Gasteiger partial charge in [-0.3, -0.25) is 0 Å². The van der Waals surface area contributed by atoms with Crippen LogP contribution >= 0.6 is 0 Å². The average molecular weight is 419 g/mol. The quantitative estimate of drug-likeness (QED) is 0.468. The van der Waals surface area contributed by atoms with Gasteiger partial charge in [-0.25, -0.2) is 0 Å². The maximum absolute atomic E-state index is 10.3. The maximum Gasteiger partial charge on any atom is 0.210 e. The monoisotopic (exact) mass is 418 g/mol. The van der Waals surface area contributed by atoms with E-state index in [1.165, 1.54) is 5.57 Å². The van der Waals surface area contributed by atoms with E-state index in [4.69, 9.17) is 8.28 Å². The van der Waals surface area contributed by atoms with E-state index in [-0.39, 0.29) is 23.3 Å². The van der Waals surface area contributed by atoms with Crippen molar-refractivity contribution in [3.63, 3.8) is 0 Å². The van der Waals surface area contributed by atoms with Crippen molar-refractivity contribution in [3.05, 3.63) is 47.6 Å². The van der Waals surface area contributed by atoms with Crippen LogP contribution in [0, 0.1) is 29.1 Å². The fourth-order valence-electron chi connectivity index (χ4n) is 5.77. The molecule has 3 aliphatic carbocycles. The molecule has 3 rings (SSSR count). The van der Waals surface area contributed by atoms with E-state index in [0.29, 0.717) is 23.3 Å². The Bertz CT molecular complexity index is 946. The first-order valence-electron chi connectivity index (χ1n) is 14.5. The van der Waals surface area contributed by atoms with Crippen LogP contribution in [0.3, 0.4) is 0 Å². The van der Waals surface area contributed by atoms with Gasteiger partial charge in [0.1, 0.15) is 0 Å². The predicted molar refractivity (Wildman–Crippen MR) is 127 cm³/mol. The molecule has 2 N–H and O–H groups in total. The highest BCUT2D eigenvalue weighted by Gasteiger charge is 2.50. The molecule has 0 aromatic rings. The number of hydrogen-bond acceptors (Lipinski definition) is 2. The molecule has 0 amide bonds. The lowest BCUT2D eigenvalue weighted by Crippen LogP contribution is -2.35. The molecule has 30 heavy (non-hydrogen) atoms. The summed E-state index contributed by atoms with van der Waals surface area (Å²) in [6, 6.07) is 0. The zero-order valence-electron chi connectivity index (χ0n) is 25.4. The lowest BCUT2D eigenvalue weighted by Gasteiger charge is -2.44. The number of allylic oxidation sites excluding steroid dienone is 5. The smallest absolute Gasteiger partial charge is 0.210 e. The second kappa shape index (κ2) is 9.17. The van der Waals surface area contributed by atoms with Gasteiger partial charge < -0.3 is 10.2 Å². The van der Waals surface area contributed by atoms with E-state index in [9.17, 15) is 5.11 Å². The third-order valence-electron chi connectivity index (χ3n) is 8.08. The van der Waals surface area contributed by atoms with Crippen molar-refractivity contribution in [1.82, 2.24) is 0 Å². The van der Waals surface area contributed by atoms with Crippen LogP contribution in [-0.4, -0.2) is 23.3 Å². The first-order chi connectivity index (χ1) is 16.4. The van der Waals surface area contributed by atoms with Crippen LogP contribution in [0.15, 0.2) is 47.6 Å². The number of fused-ring (bicyclic) bond motifs is 1. The van der Waals surface area contributed by atoms with E-state index >= 15 is 0 Å². The molecular formula is C28H44O2. The SMILES string of the molecule is [2H]O[C@]1([2H])C/C(=C\C=C2/CCC[C@@]3(C)C2CC[C@@H]3[C@H](C)/C=C/[C@H](C)C(C)(C)O)C(=C)C([2H])([2H])C1([2H])[2H]. The Labute approximate surface area is 193 Å². The Morgan fingerprint density at radius 1 is 1.30 bits per heavy atom. The van der Waals surface area contributed by atoms with Gasteiger partial charge in [0.05, 0.1) is 13.1 Å². The van der Waals surface area contributed by atoms with Crippen LogP contribution in [-0.2, 0) is 0 Å². The minimum Gasteiger partial charge on any atom is -0.393 e. The molecule has 3 saturated carbocycles. The van der Waals surface area contributed by atoms with E-state index in [0.717, 1.165) is 32.1 Å². The average Bonchev–Trinajstić information content (AvgIpc) is 3.15. The summed E-state index contributed by atoms with van der Waals surface area (Å²) in [6.45, 7) is 14.2. The summed E-state index contributed by atoms with van der Waals surface area (Å²) in [5.74, 6) is 1.43. The fraction of sp³-hybridized carbons (Fsp3) is 0.714. The van der Waals surface area contributed by atoms with Crippen molar-refractivity contribution >= 4 is 0 Å². The van der Waals surface area contributed by atoms with Gasteiger partial charge in [0, 0.05) is 11.4 Å². The third kappa shape index (κ3) is 5.02. The molecule has 0 saturated heterocycles. The molecule has 0 bridgehead atoms. The van der Waals surface area contributed by atoms with E-state index in [1.54, 1.807) is 6.08 Å². The molecule has 0 radical (unpaired) electrons. The predicted octanol–water partition coefficient (Wildman–Crippen LogP) is 6.76. The summed E-state index contributed by atoms with van der Waals surface area (Å²) in [6.07, 6.45) is 5.92. The van der Waals surface area contributed by atoms with Crippen molar-refractivity contribution in [3.8, 4) is 0 Å². The minimum absolute atomic E-state index is 0.0202. The highest BCUT2D eigenvalue weighted by molar-refractivity contribution is 5.36. The Hall–Kier alpha value is -1.12. The van der Waals surface area contributed by atoms with E-state index in [1.807, 2.05) is 26.8 Å². The van der Waals surface area contributed by atoms with Crippen molar-refractivity contribution in [2.45, 2.75) is 97.6 Å². The number of hydrogen-bond donors (Lipinski definition) is 2. The first kappa shape index (κ1) is 16.5. The van der Waals surface area contributed by atoms with Gasteiger partial charge in [-0.1, -0.05) is 62.8 Å². The largest absolute Gasteiger partial charge is 0.393 e. The van der Waals surface area contributed by atoms with E-state index in [2.05, 4.69) is 37.7 Å². The highest BCUT2D eigenvalue weighted by atomic mass is 16.3. The second-order valence-electron chi connectivity index (χ2n) is 10.5. The van der Waals surface area contributed by atoms with Gasteiger partial charge in [-0.2, -0.15) is 0 Å². The first-order valence-corrected chi connectivity index (χ1v) is 11.6. The number of rotatable bonds is 6. The molecule has 0 aromatic carbocycles. The van der Waals surface area contributed by atoms with Crippen molar-refractivity contribution < 1.29 is 17.1 Å². The van der Waals surface area contributed by atoms with Gasteiger partial charge in [-0.05, 0) is 93.9 Å². The summed E-state index contributed by atoms with van der Waals surface area (Å²) >= 11 is 0. The van der Waals surface area contributed by atoms with E-state index < -0.39 is 24.4 Å². The van der Waals surface area contributed by atoms with Gasteiger partial charge in [0.2, 0.25) is 1.43 Å². The van der Waals surface area contributed by atoms with Crippen LogP contribution in [0.4, 0.5) is 0 Å². The third-order valence-corrected chi connectivity index (χ3v) is 8.08. The Balaban J connectivity index is 1.86. The minimum atomic E-state index is -2.70. The zero-order valence-corrected chi connectivity index (χ0v) is 19.4. The Kier molecular flexibility index (Phi) is 5.04. The summed E-state index contributed by atoms with van der Waals surface area (Å²) < 4.78 is 48.6. The summed E-state index contributed by atoms with van der Waals surface area (Å²) in [5, 5.41) is 14.8. The summed E-state index contributed by atoms with van der Waals surface area (Å²) in [5.41, 5.74) is 1.19. The molecule has 0 aliphatic heterocycles. The highest BCUT2D eigenvalue weighted by Crippen LogP contribution is 2.59. The van der Waals surface area contributed by atoms with Crippen molar-refractivity contribution in [2.24, 2.45) is 29.1 Å². The summed E-state index contributed by atoms with van der Waals surface area (Å²) in [7, 11) is 0. The molecule has 6 atom stereocenters. The molecule has 3 fully saturated rings. The van der Waals surface area contributed by atoms with Crippen LogP contribution in [0.5, 0.6) is 0 Å². The van der Waals surface area contributed by atoms with Crippen molar-refractivity contribution in [2.75, 3.05) is 0 Å². The second-order valence-corrected chi connectivity index (χ2v) is 10.5. The van der Waals surface area contributed by atoms with Crippen LogP contribution < -0.4 is 0 Å². The van der Waals surface area contributed by atoms with Gasteiger partial charge in [0.15, 0.2) is 0 Å². The lowest BCUT2D eigenvalue weighted by molar-refractivity contribution is 0.0436. The van der Waals surface area contributed by atoms with Crippen LogP contribution in [0.25, 0.3) is 0 Å². The molecule has 3 aliphatic rings. The molecule has 2 heteroatoms. The van der Waals surface area contributed by atoms with Crippen LogP contribution in [0.2, 0.25) is 0 Å². The molecule has 0 spiro atoms. The maximum atomic E-state index is 10.3. The zero-order chi connectivity index (χ0) is 27.3. The van der Waals surface area contributed by atoms with Gasteiger partial charge in [-0.15, -0.1) is 0 Å². The normalized spacial score (nSPS) is 46.4. The van der Waals surface area contributed by atoms with Crippen LogP contribution in [0.1, 0.15) is 92.7 Å². The summed E-state index contributed by atoms with van der Waals surface area (Å²) in [4.78, 5) is 0. The molecular weight excluding hydrogens is 368 g/mol. The molecule has 2 nitrogen and oxygen atoms in total. The van der Waals surface area contributed by atoms with Crippen molar-refractivity contribution in [1.29, 1.82) is 1.43 Å². The van der Waals surface area contributed by atoms with Gasteiger partial charge >= 0.3 is 0 Å². The molecule has 0 aromatic heterocycles.